The fourth-order valence-electron chi connectivity index (χ4n) is 2.91. The van der Waals surface area contributed by atoms with E-state index in [-0.39, 0.29) is 0 Å². The molecule has 4 heterocycles. The number of H-pyrrole nitrogens is 1. The lowest BCUT2D eigenvalue weighted by Gasteiger charge is -2.28. The van der Waals surface area contributed by atoms with E-state index in [9.17, 15) is 0 Å². The molecule has 2 N–H and O–H groups in total. The van der Waals surface area contributed by atoms with Crippen molar-refractivity contribution in [1.82, 2.24) is 20.3 Å². The highest BCUT2D eigenvalue weighted by Crippen LogP contribution is 2.31. The maximum Gasteiger partial charge on any atom is 0.142 e. The Morgan fingerprint density at radius 2 is 2.38 bits per heavy atom. The molecule has 0 aromatic carbocycles. The first-order chi connectivity index (χ1) is 7.92. The maximum absolute atomic E-state index is 4.45. The number of hydrogen-bond donors (Lipinski definition) is 2. The van der Waals surface area contributed by atoms with Gasteiger partial charge in [-0.25, -0.2) is 9.97 Å². The molecule has 2 aliphatic heterocycles. The van der Waals surface area contributed by atoms with Crippen LogP contribution in [-0.2, 0) is 0 Å². The van der Waals surface area contributed by atoms with Crippen LogP contribution in [-0.4, -0.2) is 40.1 Å². The van der Waals surface area contributed by atoms with Gasteiger partial charge in [-0.05, 0) is 12.5 Å². The van der Waals surface area contributed by atoms with E-state index in [4.69, 9.17) is 0 Å². The molecule has 5 nitrogen and oxygen atoms in total. The predicted octanol–water partition coefficient (Wildman–Crippen LogP) is 0.508. The summed E-state index contributed by atoms with van der Waals surface area (Å²) in [5, 5.41) is 4.64. The van der Waals surface area contributed by atoms with Crippen molar-refractivity contribution in [2.75, 3.05) is 18.0 Å². The number of nitrogens with zero attached hydrogens (tertiary/aromatic N) is 3. The number of hydrogen-bond acceptors (Lipinski definition) is 4. The number of piperazine rings is 1. The van der Waals surface area contributed by atoms with Crippen LogP contribution in [0.3, 0.4) is 0 Å². The number of aromatic nitrogens is 3. The van der Waals surface area contributed by atoms with E-state index in [1.165, 1.54) is 6.42 Å². The van der Waals surface area contributed by atoms with E-state index in [0.29, 0.717) is 12.1 Å². The fourth-order valence-corrected chi connectivity index (χ4v) is 2.91. The third-order valence-electron chi connectivity index (χ3n) is 3.66. The zero-order valence-corrected chi connectivity index (χ0v) is 8.85. The molecule has 4 rings (SSSR count). The molecule has 2 aromatic heterocycles. The van der Waals surface area contributed by atoms with Crippen LogP contribution in [0.25, 0.3) is 11.0 Å². The van der Waals surface area contributed by atoms with Crippen molar-refractivity contribution in [3.05, 3.63) is 18.6 Å². The zero-order chi connectivity index (χ0) is 10.5. The van der Waals surface area contributed by atoms with Crippen LogP contribution in [0.1, 0.15) is 6.42 Å². The first kappa shape index (κ1) is 8.52. The van der Waals surface area contributed by atoms with Gasteiger partial charge in [-0.1, -0.05) is 0 Å². The Balaban J connectivity index is 1.84. The van der Waals surface area contributed by atoms with Crippen LogP contribution in [0.4, 0.5) is 5.82 Å². The molecule has 2 unspecified atom stereocenters. The standard InChI is InChI=1S/C11H13N5/c1-2-12-10-9(1)11(15-6-14-10)16-5-7-3-8(16)4-13-7/h1-2,6-8,13H,3-5H2,(H,12,14,15). The van der Waals surface area contributed by atoms with Crippen molar-refractivity contribution in [2.45, 2.75) is 18.5 Å². The van der Waals surface area contributed by atoms with Gasteiger partial charge in [0.2, 0.25) is 0 Å². The second-order valence-corrected chi connectivity index (χ2v) is 4.58. The van der Waals surface area contributed by atoms with E-state index < -0.39 is 0 Å². The number of aromatic amines is 1. The molecule has 2 saturated heterocycles. The lowest BCUT2D eigenvalue weighted by Crippen LogP contribution is -2.44. The molecule has 0 saturated carbocycles. The molecule has 0 spiro atoms. The molecule has 0 radical (unpaired) electrons. The first-order valence-corrected chi connectivity index (χ1v) is 5.70. The molecular formula is C11H13N5. The summed E-state index contributed by atoms with van der Waals surface area (Å²) >= 11 is 0. The molecule has 0 amide bonds. The summed E-state index contributed by atoms with van der Waals surface area (Å²) in [6.07, 6.45) is 4.82. The van der Waals surface area contributed by atoms with Crippen LogP contribution in [0.15, 0.2) is 18.6 Å². The van der Waals surface area contributed by atoms with Crippen molar-refractivity contribution in [2.24, 2.45) is 0 Å². The monoisotopic (exact) mass is 215 g/mol. The quantitative estimate of drug-likeness (QED) is 0.727. The van der Waals surface area contributed by atoms with E-state index in [0.717, 1.165) is 29.9 Å². The van der Waals surface area contributed by atoms with Gasteiger partial charge in [0.25, 0.3) is 0 Å². The Morgan fingerprint density at radius 3 is 3.19 bits per heavy atom. The van der Waals surface area contributed by atoms with E-state index in [2.05, 4.69) is 31.2 Å². The number of fused-ring (bicyclic) bond motifs is 3. The zero-order valence-electron chi connectivity index (χ0n) is 8.85. The van der Waals surface area contributed by atoms with Crippen LogP contribution < -0.4 is 10.2 Å². The molecule has 2 bridgehead atoms. The SMILES string of the molecule is c1nc(N2CC3CC2CN3)c2cc[nH]c2n1. The minimum Gasteiger partial charge on any atom is -0.350 e. The van der Waals surface area contributed by atoms with Gasteiger partial charge in [-0.15, -0.1) is 0 Å². The Bertz CT molecular complexity index is 534. The van der Waals surface area contributed by atoms with Gasteiger partial charge in [0.05, 0.1) is 5.39 Å². The van der Waals surface area contributed by atoms with Gasteiger partial charge in [-0.3, -0.25) is 0 Å². The molecule has 2 fully saturated rings. The van der Waals surface area contributed by atoms with Crippen molar-refractivity contribution in [3.8, 4) is 0 Å². The van der Waals surface area contributed by atoms with Crippen molar-refractivity contribution < 1.29 is 0 Å². The molecule has 2 aliphatic rings. The summed E-state index contributed by atoms with van der Waals surface area (Å²) in [4.78, 5) is 14.2. The number of nitrogens with one attached hydrogen (secondary N) is 2. The average Bonchev–Trinajstić information content (AvgIpc) is 3.03. The maximum atomic E-state index is 4.45. The van der Waals surface area contributed by atoms with Crippen molar-refractivity contribution >= 4 is 16.9 Å². The Labute approximate surface area is 92.9 Å². The number of rotatable bonds is 1. The lowest BCUT2D eigenvalue weighted by atomic mass is 10.2. The fraction of sp³-hybridized carbons (Fsp3) is 0.455. The molecule has 82 valence electrons. The minimum atomic E-state index is 0.609. The van der Waals surface area contributed by atoms with Gasteiger partial charge < -0.3 is 15.2 Å². The topological polar surface area (TPSA) is 56.8 Å². The Hall–Kier alpha value is -1.62. The van der Waals surface area contributed by atoms with Gasteiger partial charge in [0.1, 0.15) is 17.8 Å². The molecule has 16 heavy (non-hydrogen) atoms. The van der Waals surface area contributed by atoms with Crippen LogP contribution in [0.2, 0.25) is 0 Å². The Morgan fingerprint density at radius 1 is 1.38 bits per heavy atom. The molecular weight excluding hydrogens is 202 g/mol. The molecule has 2 atom stereocenters. The third kappa shape index (κ3) is 1.03. The van der Waals surface area contributed by atoms with Crippen molar-refractivity contribution in [1.29, 1.82) is 0 Å². The van der Waals surface area contributed by atoms with Gasteiger partial charge in [-0.2, -0.15) is 0 Å². The number of anilines is 1. The predicted molar refractivity (Wildman–Crippen MR) is 61.4 cm³/mol. The molecule has 2 aromatic rings. The van der Waals surface area contributed by atoms with Gasteiger partial charge in [0, 0.05) is 31.4 Å². The summed E-state index contributed by atoms with van der Waals surface area (Å²) in [5.41, 5.74) is 0.931. The van der Waals surface area contributed by atoms with Crippen LogP contribution in [0.5, 0.6) is 0 Å². The normalized spacial score (nSPS) is 28.1. The lowest BCUT2D eigenvalue weighted by molar-refractivity contribution is 0.577. The van der Waals surface area contributed by atoms with E-state index >= 15 is 0 Å². The van der Waals surface area contributed by atoms with Crippen LogP contribution >= 0.6 is 0 Å². The smallest absolute Gasteiger partial charge is 0.142 e. The second kappa shape index (κ2) is 2.95. The highest BCUT2D eigenvalue weighted by molar-refractivity contribution is 5.87. The summed E-state index contributed by atoms with van der Waals surface area (Å²) in [6.45, 7) is 2.16. The highest BCUT2D eigenvalue weighted by atomic mass is 15.3. The summed E-state index contributed by atoms with van der Waals surface area (Å²) in [6, 6.07) is 3.32. The summed E-state index contributed by atoms with van der Waals surface area (Å²) in [7, 11) is 0. The van der Waals surface area contributed by atoms with Crippen LogP contribution in [0, 0.1) is 0 Å². The largest absolute Gasteiger partial charge is 0.350 e. The average molecular weight is 215 g/mol. The van der Waals surface area contributed by atoms with E-state index in [1.807, 2.05) is 6.20 Å². The van der Waals surface area contributed by atoms with Crippen molar-refractivity contribution in [3.63, 3.8) is 0 Å². The van der Waals surface area contributed by atoms with Gasteiger partial charge >= 0.3 is 0 Å². The third-order valence-corrected chi connectivity index (χ3v) is 3.66. The minimum absolute atomic E-state index is 0.609. The second-order valence-electron chi connectivity index (χ2n) is 4.58. The van der Waals surface area contributed by atoms with E-state index in [1.54, 1.807) is 6.33 Å². The molecule has 0 aliphatic carbocycles. The highest BCUT2D eigenvalue weighted by Gasteiger charge is 2.38. The first-order valence-electron chi connectivity index (χ1n) is 5.70. The Kier molecular flexibility index (Phi) is 1.57. The van der Waals surface area contributed by atoms with Gasteiger partial charge in [0.15, 0.2) is 0 Å². The summed E-state index contributed by atoms with van der Waals surface area (Å²) in [5.74, 6) is 1.08. The summed E-state index contributed by atoms with van der Waals surface area (Å²) < 4.78 is 0. The molecule has 5 heteroatoms.